The van der Waals surface area contributed by atoms with E-state index in [9.17, 15) is 13.6 Å². The van der Waals surface area contributed by atoms with E-state index in [-0.39, 0.29) is 0 Å². The van der Waals surface area contributed by atoms with Gasteiger partial charge in [-0.25, -0.2) is 8.78 Å². The van der Waals surface area contributed by atoms with Crippen molar-refractivity contribution in [3.8, 4) is 0 Å². The van der Waals surface area contributed by atoms with Crippen molar-refractivity contribution in [1.29, 1.82) is 0 Å². The fourth-order valence-corrected chi connectivity index (χ4v) is 2.22. The molecule has 1 unspecified atom stereocenters. The molecule has 0 spiro atoms. The fraction of sp³-hybridized carbons (Fsp3) is 0.909. The van der Waals surface area contributed by atoms with Crippen molar-refractivity contribution in [2.24, 2.45) is 11.7 Å². The maximum absolute atomic E-state index is 13.8. The van der Waals surface area contributed by atoms with Crippen LogP contribution in [0.25, 0.3) is 0 Å². The molecular formula is C11H19F2NO2. The molecule has 94 valence electrons. The van der Waals surface area contributed by atoms with Crippen LogP contribution in [0, 0.1) is 5.92 Å². The van der Waals surface area contributed by atoms with Gasteiger partial charge in [0.05, 0.1) is 7.11 Å². The first-order valence-corrected chi connectivity index (χ1v) is 5.68. The van der Waals surface area contributed by atoms with Crippen molar-refractivity contribution in [1.82, 2.24) is 0 Å². The molecule has 16 heavy (non-hydrogen) atoms. The Bertz CT molecular complexity index is 240. The number of carbonyl (C=O) groups excluding carboxylic acids is 1. The van der Waals surface area contributed by atoms with Gasteiger partial charge in [-0.15, -0.1) is 0 Å². The number of ether oxygens (including phenoxy) is 1. The van der Waals surface area contributed by atoms with Crippen molar-refractivity contribution in [3.05, 3.63) is 0 Å². The van der Waals surface area contributed by atoms with Gasteiger partial charge in [0.1, 0.15) is 6.04 Å². The van der Waals surface area contributed by atoms with Crippen LogP contribution in [0.5, 0.6) is 0 Å². The second-order valence-corrected chi connectivity index (χ2v) is 4.43. The van der Waals surface area contributed by atoms with Crippen LogP contribution >= 0.6 is 0 Å². The van der Waals surface area contributed by atoms with E-state index in [0.29, 0.717) is 12.8 Å². The second kappa shape index (κ2) is 5.57. The Hall–Kier alpha value is -0.710. The predicted molar refractivity (Wildman–Crippen MR) is 56.1 cm³/mol. The van der Waals surface area contributed by atoms with Gasteiger partial charge < -0.3 is 10.5 Å². The van der Waals surface area contributed by atoms with Crippen LogP contribution in [0.1, 0.15) is 38.5 Å². The monoisotopic (exact) mass is 235 g/mol. The van der Waals surface area contributed by atoms with Crippen molar-refractivity contribution < 1.29 is 18.3 Å². The minimum Gasteiger partial charge on any atom is -0.468 e. The predicted octanol–water partition coefficient (Wildman–Crippen LogP) is 2.09. The fourth-order valence-electron chi connectivity index (χ4n) is 2.22. The molecular weight excluding hydrogens is 216 g/mol. The maximum atomic E-state index is 13.8. The highest BCUT2D eigenvalue weighted by molar-refractivity contribution is 5.75. The van der Waals surface area contributed by atoms with Gasteiger partial charge in [-0.05, 0) is 12.8 Å². The third-order valence-corrected chi connectivity index (χ3v) is 3.20. The Balaban J connectivity index is 2.52. The van der Waals surface area contributed by atoms with E-state index in [0.717, 1.165) is 26.4 Å². The number of rotatable bonds is 4. The van der Waals surface area contributed by atoms with E-state index in [1.54, 1.807) is 0 Å². The van der Waals surface area contributed by atoms with Gasteiger partial charge in [0.15, 0.2) is 0 Å². The summed E-state index contributed by atoms with van der Waals surface area (Å²) in [6.45, 7) is 0. The summed E-state index contributed by atoms with van der Waals surface area (Å²) < 4.78 is 31.9. The molecule has 1 aliphatic carbocycles. The molecule has 1 saturated carbocycles. The minimum absolute atomic E-state index is 0.529. The molecule has 0 aromatic rings. The van der Waals surface area contributed by atoms with Gasteiger partial charge in [-0.3, -0.25) is 4.79 Å². The highest BCUT2D eigenvalue weighted by atomic mass is 19.3. The molecule has 1 atom stereocenters. The van der Waals surface area contributed by atoms with Crippen LogP contribution in [0.3, 0.4) is 0 Å². The van der Waals surface area contributed by atoms with Crippen LogP contribution in [0.2, 0.25) is 0 Å². The molecule has 0 aromatic heterocycles. The van der Waals surface area contributed by atoms with Crippen molar-refractivity contribution in [2.75, 3.05) is 7.11 Å². The molecule has 0 heterocycles. The van der Waals surface area contributed by atoms with Crippen molar-refractivity contribution >= 4 is 5.97 Å². The molecule has 5 heteroatoms. The quantitative estimate of drug-likeness (QED) is 0.759. The average molecular weight is 235 g/mol. The van der Waals surface area contributed by atoms with Crippen LogP contribution in [0.15, 0.2) is 0 Å². The number of halogens is 2. The van der Waals surface area contributed by atoms with Crippen LogP contribution in [0.4, 0.5) is 8.78 Å². The van der Waals surface area contributed by atoms with Crippen molar-refractivity contribution in [3.63, 3.8) is 0 Å². The Labute approximate surface area is 94.3 Å². The van der Waals surface area contributed by atoms with Gasteiger partial charge in [-0.2, -0.15) is 0 Å². The normalized spacial score (nSPS) is 20.5. The molecule has 0 bridgehead atoms. The number of nitrogens with two attached hydrogens (primary N) is 1. The number of hydrogen-bond acceptors (Lipinski definition) is 3. The van der Waals surface area contributed by atoms with Gasteiger partial charge in [0, 0.05) is 12.3 Å². The Morgan fingerprint density at radius 3 is 2.50 bits per heavy atom. The van der Waals surface area contributed by atoms with Crippen LogP contribution in [-0.2, 0) is 9.53 Å². The number of carbonyl (C=O) groups is 1. The summed E-state index contributed by atoms with van der Waals surface area (Å²) in [4.78, 5) is 11.0. The summed E-state index contributed by atoms with van der Waals surface area (Å²) >= 11 is 0. The topological polar surface area (TPSA) is 52.3 Å². The lowest BCUT2D eigenvalue weighted by atomic mass is 9.82. The molecule has 3 nitrogen and oxygen atoms in total. The lowest BCUT2D eigenvalue weighted by Gasteiger charge is -2.31. The van der Waals surface area contributed by atoms with E-state index in [1.807, 2.05) is 0 Å². The highest BCUT2D eigenvalue weighted by Crippen LogP contribution is 2.39. The van der Waals surface area contributed by atoms with Gasteiger partial charge in [0.25, 0.3) is 5.92 Å². The summed E-state index contributed by atoms with van der Waals surface area (Å²) in [6, 6.07) is -1.22. The number of alkyl halides is 2. The zero-order valence-corrected chi connectivity index (χ0v) is 9.55. The molecule has 0 aromatic carbocycles. The average Bonchev–Trinajstić information content (AvgIpc) is 2.28. The maximum Gasteiger partial charge on any atom is 0.322 e. The Morgan fingerprint density at radius 1 is 1.44 bits per heavy atom. The minimum atomic E-state index is -2.85. The molecule has 0 radical (unpaired) electrons. The van der Waals surface area contributed by atoms with Crippen LogP contribution < -0.4 is 5.73 Å². The van der Waals surface area contributed by atoms with E-state index < -0.39 is 30.3 Å². The van der Waals surface area contributed by atoms with Crippen LogP contribution in [-0.4, -0.2) is 25.0 Å². The standard InChI is InChI=1S/C11H19F2NO2/c1-16-10(15)9(14)7-11(12,13)8-5-3-2-4-6-8/h8-9H,2-7,14H2,1H3. The number of methoxy groups -OCH3 is 1. The molecule has 1 rings (SSSR count). The molecule has 1 fully saturated rings. The van der Waals surface area contributed by atoms with Crippen molar-refractivity contribution in [2.45, 2.75) is 50.5 Å². The largest absolute Gasteiger partial charge is 0.468 e. The SMILES string of the molecule is COC(=O)C(N)CC(F)(F)C1CCCCC1. The third kappa shape index (κ3) is 3.40. The molecule has 0 aliphatic heterocycles. The molecule has 1 aliphatic rings. The summed E-state index contributed by atoms with van der Waals surface area (Å²) in [5, 5.41) is 0. The van der Waals surface area contributed by atoms with E-state index >= 15 is 0 Å². The summed E-state index contributed by atoms with van der Waals surface area (Å²) in [6.07, 6.45) is 3.16. The number of esters is 1. The third-order valence-electron chi connectivity index (χ3n) is 3.20. The number of hydrogen-bond donors (Lipinski definition) is 1. The molecule has 0 amide bonds. The zero-order valence-electron chi connectivity index (χ0n) is 9.55. The van der Waals surface area contributed by atoms with Gasteiger partial charge in [-0.1, -0.05) is 19.3 Å². The second-order valence-electron chi connectivity index (χ2n) is 4.43. The first-order chi connectivity index (χ1) is 7.47. The summed E-state index contributed by atoms with van der Waals surface area (Å²) in [7, 11) is 1.15. The zero-order chi connectivity index (χ0) is 12.2. The summed E-state index contributed by atoms with van der Waals surface area (Å²) in [5.74, 6) is -4.25. The lowest BCUT2D eigenvalue weighted by Crippen LogP contribution is -2.41. The van der Waals surface area contributed by atoms with E-state index in [1.165, 1.54) is 0 Å². The molecule has 2 N–H and O–H groups in total. The summed E-state index contributed by atoms with van der Waals surface area (Å²) in [5.41, 5.74) is 5.37. The van der Waals surface area contributed by atoms with E-state index in [4.69, 9.17) is 5.73 Å². The smallest absolute Gasteiger partial charge is 0.322 e. The molecule has 0 saturated heterocycles. The first-order valence-electron chi connectivity index (χ1n) is 5.68. The Kier molecular flexibility index (Phi) is 4.65. The van der Waals surface area contributed by atoms with E-state index in [2.05, 4.69) is 4.74 Å². The lowest BCUT2D eigenvalue weighted by molar-refractivity contribution is -0.147. The van der Waals surface area contributed by atoms with Gasteiger partial charge in [0.2, 0.25) is 0 Å². The van der Waals surface area contributed by atoms with Gasteiger partial charge >= 0.3 is 5.97 Å². The highest BCUT2D eigenvalue weighted by Gasteiger charge is 2.42. The first kappa shape index (κ1) is 13.4. The Morgan fingerprint density at radius 2 is 2.00 bits per heavy atom.